The number of amidine groups is 1. The number of aromatic hydroxyl groups is 1. The van der Waals surface area contributed by atoms with Crippen molar-refractivity contribution in [3.63, 3.8) is 0 Å². The summed E-state index contributed by atoms with van der Waals surface area (Å²) in [7, 11) is 0. The van der Waals surface area contributed by atoms with Crippen molar-refractivity contribution in [2.24, 2.45) is 0 Å². The smallest absolute Gasteiger partial charge is 0.339 e. The first-order chi connectivity index (χ1) is 11.0. The monoisotopic (exact) mass is 314 g/mol. The molecule has 5 heteroatoms. The highest BCUT2D eigenvalue weighted by Gasteiger charge is 2.06. The Labute approximate surface area is 136 Å². The van der Waals surface area contributed by atoms with E-state index in [0.29, 0.717) is 5.84 Å². The predicted octanol–water partition coefficient (Wildman–Crippen LogP) is 3.44. The van der Waals surface area contributed by atoms with Crippen molar-refractivity contribution < 1.29 is 15.0 Å². The lowest BCUT2D eigenvalue weighted by Crippen LogP contribution is -2.30. The summed E-state index contributed by atoms with van der Waals surface area (Å²) in [6.45, 7) is 5.93. The molecule has 0 aliphatic rings. The molecule has 0 radical (unpaired) electrons. The van der Waals surface area contributed by atoms with Crippen molar-refractivity contribution in [2.75, 3.05) is 13.1 Å². The number of nitrogens with one attached hydrogen (secondary N) is 1. The van der Waals surface area contributed by atoms with Gasteiger partial charge in [0.1, 0.15) is 17.1 Å². The second-order valence-electron chi connectivity index (χ2n) is 4.71. The third-order valence-corrected chi connectivity index (χ3v) is 3.26. The van der Waals surface area contributed by atoms with Crippen molar-refractivity contribution in [2.45, 2.75) is 13.8 Å². The maximum atomic E-state index is 10.3. The van der Waals surface area contributed by atoms with Crippen molar-refractivity contribution in [1.82, 2.24) is 4.90 Å². The standard InChI is InChI=1S/C11H16N2.C7H6O3/c1-3-13(4-2)11(12)10-8-6-5-7-9-10;8-6-4-2-1-3-5(6)7(9)10/h5-9,12H,3-4H2,1-2H3;1-4,8H,(H,9,10). The molecule has 2 aromatic carbocycles. The number of carbonyl (C=O) groups is 1. The minimum Gasteiger partial charge on any atom is -0.507 e. The lowest BCUT2D eigenvalue weighted by atomic mass is 10.2. The molecular formula is C18H22N2O3. The molecule has 2 aromatic rings. The molecule has 0 heterocycles. The topological polar surface area (TPSA) is 84.6 Å². The summed E-state index contributed by atoms with van der Waals surface area (Å²) in [6.07, 6.45) is 0. The highest BCUT2D eigenvalue weighted by molar-refractivity contribution is 5.96. The maximum absolute atomic E-state index is 10.3. The molecular weight excluding hydrogens is 292 g/mol. The molecule has 3 N–H and O–H groups in total. The SMILES string of the molecule is CCN(CC)C(=N)c1ccccc1.O=C(O)c1ccccc1O. The fourth-order valence-corrected chi connectivity index (χ4v) is 1.97. The van der Waals surface area contributed by atoms with Gasteiger partial charge in [-0.1, -0.05) is 42.5 Å². The number of hydrogen-bond donors (Lipinski definition) is 3. The van der Waals surface area contributed by atoms with Gasteiger partial charge in [-0.3, -0.25) is 5.41 Å². The Bertz CT molecular complexity index is 638. The van der Waals surface area contributed by atoms with Gasteiger partial charge in [-0.15, -0.1) is 0 Å². The number of phenols is 1. The van der Waals surface area contributed by atoms with Crippen LogP contribution in [-0.4, -0.2) is 40.0 Å². The van der Waals surface area contributed by atoms with Gasteiger partial charge < -0.3 is 15.1 Å². The molecule has 23 heavy (non-hydrogen) atoms. The fourth-order valence-electron chi connectivity index (χ4n) is 1.97. The second-order valence-corrected chi connectivity index (χ2v) is 4.71. The number of benzene rings is 2. The number of carboxylic acid groups (broad SMARTS) is 1. The Balaban J connectivity index is 0.000000238. The third kappa shape index (κ3) is 5.47. The summed E-state index contributed by atoms with van der Waals surface area (Å²) in [4.78, 5) is 12.3. The normalized spacial score (nSPS) is 9.48. The average molecular weight is 314 g/mol. The van der Waals surface area contributed by atoms with Crippen LogP contribution in [0.25, 0.3) is 0 Å². The number of carboxylic acids is 1. The van der Waals surface area contributed by atoms with Crippen LogP contribution in [0.15, 0.2) is 54.6 Å². The molecule has 0 aliphatic heterocycles. The molecule has 0 aliphatic carbocycles. The van der Waals surface area contributed by atoms with E-state index in [4.69, 9.17) is 15.6 Å². The Kier molecular flexibility index (Phi) is 7.33. The molecule has 122 valence electrons. The number of rotatable bonds is 4. The van der Waals surface area contributed by atoms with Crippen molar-refractivity contribution in [1.29, 1.82) is 5.41 Å². The molecule has 0 saturated heterocycles. The first-order valence-corrected chi connectivity index (χ1v) is 7.41. The van der Waals surface area contributed by atoms with E-state index in [-0.39, 0.29) is 11.3 Å². The molecule has 0 saturated carbocycles. The zero-order chi connectivity index (χ0) is 17.2. The first-order valence-electron chi connectivity index (χ1n) is 7.41. The molecule has 0 unspecified atom stereocenters. The quantitative estimate of drug-likeness (QED) is 0.596. The zero-order valence-corrected chi connectivity index (χ0v) is 13.4. The number of para-hydroxylation sites is 1. The molecule has 0 fully saturated rings. The fraction of sp³-hybridized carbons (Fsp3) is 0.222. The van der Waals surface area contributed by atoms with Gasteiger partial charge in [0.2, 0.25) is 0 Å². The van der Waals surface area contributed by atoms with Gasteiger partial charge in [-0.05, 0) is 26.0 Å². The molecule has 0 aromatic heterocycles. The van der Waals surface area contributed by atoms with E-state index < -0.39 is 5.97 Å². The van der Waals surface area contributed by atoms with Gasteiger partial charge in [-0.2, -0.15) is 0 Å². The first kappa shape index (κ1) is 18.2. The van der Waals surface area contributed by atoms with Crippen molar-refractivity contribution in [3.8, 4) is 5.75 Å². The minimum atomic E-state index is -1.11. The Morgan fingerprint density at radius 3 is 1.96 bits per heavy atom. The van der Waals surface area contributed by atoms with Crippen LogP contribution in [0.5, 0.6) is 5.75 Å². The summed E-state index contributed by atoms with van der Waals surface area (Å²) >= 11 is 0. The molecule has 0 bridgehead atoms. The molecule has 0 atom stereocenters. The highest BCUT2D eigenvalue weighted by Crippen LogP contribution is 2.14. The second kappa shape index (κ2) is 9.25. The molecule has 2 rings (SSSR count). The van der Waals surface area contributed by atoms with Crippen LogP contribution in [0.3, 0.4) is 0 Å². The average Bonchev–Trinajstić information content (AvgIpc) is 2.57. The largest absolute Gasteiger partial charge is 0.507 e. The third-order valence-electron chi connectivity index (χ3n) is 3.26. The summed E-state index contributed by atoms with van der Waals surface area (Å²) in [6, 6.07) is 15.7. The van der Waals surface area contributed by atoms with Crippen LogP contribution < -0.4 is 0 Å². The Hall–Kier alpha value is -2.82. The van der Waals surface area contributed by atoms with Gasteiger partial charge >= 0.3 is 5.97 Å². The Morgan fingerprint density at radius 2 is 1.52 bits per heavy atom. The van der Waals surface area contributed by atoms with Crippen LogP contribution in [0.1, 0.15) is 29.8 Å². The van der Waals surface area contributed by atoms with Crippen molar-refractivity contribution in [3.05, 3.63) is 65.7 Å². The van der Waals surface area contributed by atoms with E-state index in [1.165, 1.54) is 12.1 Å². The zero-order valence-electron chi connectivity index (χ0n) is 13.4. The van der Waals surface area contributed by atoms with Gasteiger partial charge in [0, 0.05) is 18.7 Å². The van der Waals surface area contributed by atoms with Crippen LogP contribution >= 0.6 is 0 Å². The summed E-state index contributed by atoms with van der Waals surface area (Å²) in [5.41, 5.74) is 0.925. The highest BCUT2D eigenvalue weighted by atomic mass is 16.4. The number of hydrogen-bond acceptors (Lipinski definition) is 3. The maximum Gasteiger partial charge on any atom is 0.339 e. The van der Waals surface area contributed by atoms with E-state index in [1.54, 1.807) is 12.1 Å². The summed E-state index contributed by atoms with van der Waals surface area (Å²) in [5, 5.41) is 25.2. The van der Waals surface area contributed by atoms with Gasteiger partial charge in [0.25, 0.3) is 0 Å². The van der Waals surface area contributed by atoms with E-state index in [9.17, 15) is 4.79 Å². The lowest BCUT2D eigenvalue weighted by Gasteiger charge is -2.21. The van der Waals surface area contributed by atoms with E-state index >= 15 is 0 Å². The van der Waals surface area contributed by atoms with Crippen LogP contribution in [0.4, 0.5) is 0 Å². The van der Waals surface area contributed by atoms with E-state index in [2.05, 4.69) is 13.8 Å². The predicted molar refractivity (Wildman–Crippen MR) is 91.3 cm³/mol. The lowest BCUT2D eigenvalue weighted by molar-refractivity contribution is 0.0693. The number of nitrogens with zero attached hydrogens (tertiary/aromatic N) is 1. The summed E-state index contributed by atoms with van der Waals surface area (Å²) in [5.74, 6) is -0.696. The Morgan fingerprint density at radius 1 is 1.00 bits per heavy atom. The van der Waals surface area contributed by atoms with Crippen LogP contribution in [0.2, 0.25) is 0 Å². The molecule has 0 amide bonds. The van der Waals surface area contributed by atoms with Gasteiger partial charge in [-0.25, -0.2) is 4.79 Å². The molecule has 0 spiro atoms. The van der Waals surface area contributed by atoms with Crippen LogP contribution in [0, 0.1) is 5.41 Å². The minimum absolute atomic E-state index is 0.0671. The van der Waals surface area contributed by atoms with E-state index in [1.807, 2.05) is 35.2 Å². The summed E-state index contributed by atoms with van der Waals surface area (Å²) < 4.78 is 0. The molecule has 5 nitrogen and oxygen atoms in total. The van der Waals surface area contributed by atoms with Crippen molar-refractivity contribution >= 4 is 11.8 Å². The van der Waals surface area contributed by atoms with E-state index in [0.717, 1.165) is 18.7 Å². The van der Waals surface area contributed by atoms with Gasteiger partial charge in [0.15, 0.2) is 0 Å². The van der Waals surface area contributed by atoms with Crippen LogP contribution in [-0.2, 0) is 0 Å². The number of aromatic carboxylic acids is 1. The van der Waals surface area contributed by atoms with Gasteiger partial charge in [0.05, 0.1) is 0 Å².